The van der Waals surface area contributed by atoms with E-state index >= 15 is 0 Å². The maximum atomic E-state index is 5.56. The van der Waals surface area contributed by atoms with E-state index in [1.807, 2.05) is 19.1 Å². The molecule has 0 radical (unpaired) electrons. The van der Waals surface area contributed by atoms with Gasteiger partial charge in [0.1, 0.15) is 10.7 Å². The van der Waals surface area contributed by atoms with Crippen LogP contribution in [-0.2, 0) is 6.54 Å². The molecule has 0 fully saturated rings. The molecular formula is C12H13N5S. The molecule has 18 heavy (non-hydrogen) atoms. The third-order valence-corrected chi connectivity index (χ3v) is 2.49. The number of aromatic nitrogens is 3. The zero-order valence-corrected chi connectivity index (χ0v) is 10.7. The minimum absolute atomic E-state index is 0.268. The molecule has 0 spiro atoms. The number of hydrogen-bond acceptors (Lipinski definition) is 5. The number of nitrogens with two attached hydrogens (primary N) is 1. The monoisotopic (exact) mass is 259 g/mol. The molecule has 0 bridgehead atoms. The van der Waals surface area contributed by atoms with E-state index in [2.05, 4.69) is 20.3 Å². The van der Waals surface area contributed by atoms with Crippen LogP contribution in [0.15, 0.2) is 30.6 Å². The Morgan fingerprint density at radius 1 is 1.44 bits per heavy atom. The molecule has 0 unspecified atom stereocenters. The Kier molecular flexibility index (Phi) is 3.78. The second kappa shape index (κ2) is 5.50. The Balaban J connectivity index is 2.12. The molecule has 0 aliphatic heterocycles. The summed E-state index contributed by atoms with van der Waals surface area (Å²) in [5.74, 6) is 0.515. The normalized spacial score (nSPS) is 10.1. The van der Waals surface area contributed by atoms with Crippen molar-refractivity contribution in [2.75, 3.05) is 5.32 Å². The molecule has 0 aromatic carbocycles. The standard InChI is InChI=1S/C12H13N5S/c1-8-5-10(11(13)18)17-12(16-8)15-7-9-3-2-4-14-6-9/h2-6H,7H2,1H3,(H2,13,18)(H,15,16,17). The minimum Gasteiger partial charge on any atom is -0.388 e. The van der Waals surface area contributed by atoms with E-state index in [-0.39, 0.29) is 4.99 Å². The molecule has 0 aliphatic rings. The number of pyridine rings is 1. The summed E-state index contributed by atoms with van der Waals surface area (Å²) >= 11 is 4.91. The second-order valence-corrected chi connectivity index (χ2v) is 4.24. The molecule has 2 heterocycles. The molecule has 2 aromatic heterocycles. The molecule has 0 amide bonds. The van der Waals surface area contributed by atoms with Gasteiger partial charge in [0, 0.05) is 24.6 Å². The number of aryl methyl sites for hydroxylation is 1. The lowest BCUT2D eigenvalue weighted by atomic mass is 10.3. The van der Waals surface area contributed by atoms with Crippen molar-refractivity contribution >= 4 is 23.2 Å². The first kappa shape index (κ1) is 12.4. The summed E-state index contributed by atoms with van der Waals surface area (Å²) in [5, 5.41) is 3.12. The fourth-order valence-electron chi connectivity index (χ4n) is 1.46. The highest BCUT2D eigenvalue weighted by Gasteiger charge is 2.04. The van der Waals surface area contributed by atoms with Gasteiger partial charge in [-0.15, -0.1) is 0 Å². The van der Waals surface area contributed by atoms with E-state index in [0.29, 0.717) is 18.2 Å². The van der Waals surface area contributed by atoms with Crippen LogP contribution in [0.1, 0.15) is 17.0 Å². The number of anilines is 1. The lowest BCUT2D eigenvalue weighted by molar-refractivity contribution is 1.02. The molecule has 0 saturated heterocycles. The molecule has 3 N–H and O–H groups in total. The van der Waals surface area contributed by atoms with Crippen molar-refractivity contribution in [2.24, 2.45) is 5.73 Å². The predicted octanol–water partition coefficient (Wildman–Crippen LogP) is 1.43. The predicted molar refractivity (Wildman–Crippen MR) is 74.2 cm³/mol. The van der Waals surface area contributed by atoms with Crippen molar-refractivity contribution in [1.82, 2.24) is 15.0 Å². The zero-order chi connectivity index (χ0) is 13.0. The first-order valence-electron chi connectivity index (χ1n) is 5.43. The van der Waals surface area contributed by atoms with Crippen LogP contribution in [0.25, 0.3) is 0 Å². The molecule has 2 rings (SSSR count). The van der Waals surface area contributed by atoms with Gasteiger partial charge >= 0.3 is 0 Å². The number of nitrogens with zero attached hydrogens (tertiary/aromatic N) is 3. The summed E-state index contributed by atoms with van der Waals surface area (Å²) in [7, 11) is 0. The fraction of sp³-hybridized carbons (Fsp3) is 0.167. The highest BCUT2D eigenvalue weighted by molar-refractivity contribution is 7.80. The number of nitrogens with one attached hydrogen (secondary N) is 1. The van der Waals surface area contributed by atoms with Crippen molar-refractivity contribution in [3.63, 3.8) is 0 Å². The minimum atomic E-state index is 0.268. The zero-order valence-electron chi connectivity index (χ0n) is 9.92. The fourth-order valence-corrected chi connectivity index (χ4v) is 1.56. The van der Waals surface area contributed by atoms with Crippen molar-refractivity contribution in [1.29, 1.82) is 0 Å². The molecule has 0 aliphatic carbocycles. The summed E-state index contributed by atoms with van der Waals surface area (Å²) in [6.07, 6.45) is 3.52. The lowest BCUT2D eigenvalue weighted by Gasteiger charge is -2.07. The lowest BCUT2D eigenvalue weighted by Crippen LogP contribution is -2.14. The second-order valence-electron chi connectivity index (χ2n) is 3.80. The molecule has 0 saturated carbocycles. The van der Waals surface area contributed by atoms with Crippen molar-refractivity contribution in [3.8, 4) is 0 Å². The molecule has 6 heteroatoms. The van der Waals surface area contributed by atoms with Crippen LogP contribution >= 0.6 is 12.2 Å². The van der Waals surface area contributed by atoms with E-state index in [1.54, 1.807) is 18.5 Å². The Labute approximate surface area is 110 Å². The smallest absolute Gasteiger partial charge is 0.223 e. The Morgan fingerprint density at radius 3 is 2.94 bits per heavy atom. The Hall–Kier alpha value is -2.08. The summed E-state index contributed by atoms with van der Waals surface area (Å²) in [6.45, 7) is 2.48. The SMILES string of the molecule is Cc1cc(C(N)=S)nc(NCc2cccnc2)n1. The van der Waals surface area contributed by atoms with E-state index in [4.69, 9.17) is 18.0 Å². The van der Waals surface area contributed by atoms with Gasteiger partial charge in [0.25, 0.3) is 0 Å². The van der Waals surface area contributed by atoms with E-state index in [9.17, 15) is 0 Å². The molecule has 2 aromatic rings. The van der Waals surface area contributed by atoms with Crippen LogP contribution in [0.5, 0.6) is 0 Å². The first-order valence-corrected chi connectivity index (χ1v) is 5.84. The van der Waals surface area contributed by atoms with Crippen molar-refractivity contribution in [2.45, 2.75) is 13.5 Å². The highest BCUT2D eigenvalue weighted by Crippen LogP contribution is 2.06. The van der Waals surface area contributed by atoms with Gasteiger partial charge in [-0.25, -0.2) is 9.97 Å². The Morgan fingerprint density at radius 2 is 2.28 bits per heavy atom. The number of rotatable bonds is 4. The summed E-state index contributed by atoms with van der Waals surface area (Å²) < 4.78 is 0. The number of thiocarbonyl (C=S) groups is 1. The van der Waals surface area contributed by atoms with Crippen LogP contribution in [-0.4, -0.2) is 19.9 Å². The molecular weight excluding hydrogens is 246 g/mol. The third-order valence-electron chi connectivity index (χ3n) is 2.28. The topological polar surface area (TPSA) is 76.7 Å². The van der Waals surface area contributed by atoms with E-state index in [0.717, 1.165) is 11.3 Å². The summed E-state index contributed by atoms with van der Waals surface area (Å²) in [6, 6.07) is 5.62. The largest absolute Gasteiger partial charge is 0.388 e. The van der Waals surface area contributed by atoms with E-state index in [1.165, 1.54) is 0 Å². The van der Waals surface area contributed by atoms with Gasteiger partial charge < -0.3 is 11.1 Å². The molecule has 0 atom stereocenters. The molecule has 5 nitrogen and oxygen atoms in total. The maximum Gasteiger partial charge on any atom is 0.223 e. The maximum absolute atomic E-state index is 5.56. The van der Waals surface area contributed by atoms with Crippen LogP contribution in [0.4, 0.5) is 5.95 Å². The van der Waals surface area contributed by atoms with Crippen molar-refractivity contribution in [3.05, 3.63) is 47.5 Å². The number of hydrogen-bond donors (Lipinski definition) is 2. The quantitative estimate of drug-likeness (QED) is 0.809. The third kappa shape index (κ3) is 3.21. The Bertz CT molecular complexity index is 556. The van der Waals surface area contributed by atoms with Gasteiger partial charge in [0.15, 0.2) is 0 Å². The van der Waals surface area contributed by atoms with Gasteiger partial charge in [-0.1, -0.05) is 18.3 Å². The average Bonchev–Trinajstić information content (AvgIpc) is 2.37. The van der Waals surface area contributed by atoms with Crippen LogP contribution < -0.4 is 11.1 Å². The van der Waals surface area contributed by atoms with Gasteiger partial charge in [0.05, 0.1) is 0 Å². The summed E-state index contributed by atoms with van der Waals surface area (Å²) in [5.41, 5.74) is 8.01. The van der Waals surface area contributed by atoms with Gasteiger partial charge in [-0.3, -0.25) is 4.98 Å². The summed E-state index contributed by atoms with van der Waals surface area (Å²) in [4.78, 5) is 12.8. The van der Waals surface area contributed by atoms with Gasteiger partial charge in [-0.05, 0) is 24.6 Å². The average molecular weight is 259 g/mol. The van der Waals surface area contributed by atoms with Gasteiger partial charge in [0.2, 0.25) is 5.95 Å². The van der Waals surface area contributed by atoms with Crippen LogP contribution in [0.2, 0.25) is 0 Å². The highest BCUT2D eigenvalue weighted by atomic mass is 32.1. The first-order chi connectivity index (χ1) is 8.65. The van der Waals surface area contributed by atoms with Crippen LogP contribution in [0, 0.1) is 6.92 Å². The van der Waals surface area contributed by atoms with Crippen LogP contribution in [0.3, 0.4) is 0 Å². The van der Waals surface area contributed by atoms with Crippen molar-refractivity contribution < 1.29 is 0 Å². The van der Waals surface area contributed by atoms with Gasteiger partial charge in [-0.2, -0.15) is 0 Å². The van der Waals surface area contributed by atoms with E-state index < -0.39 is 0 Å². The molecule has 92 valence electrons.